The monoisotopic (exact) mass is 309 g/mol. The lowest BCUT2D eigenvalue weighted by Crippen LogP contribution is -2.42. The van der Waals surface area contributed by atoms with Gasteiger partial charge in [0.25, 0.3) is 7.82 Å². The molecule has 118 valence electrons. The average Bonchev–Trinajstić information content (AvgIpc) is 2.18. The van der Waals surface area contributed by atoms with Crippen molar-refractivity contribution >= 4 is 13.8 Å². The molecule has 1 N–H and O–H groups in total. The van der Waals surface area contributed by atoms with Gasteiger partial charge in [-0.3, -0.25) is 4.57 Å². The van der Waals surface area contributed by atoms with Gasteiger partial charge in [0.2, 0.25) is 0 Å². The highest BCUT2D eigenvalue weighted by atomic mass is 31.2. The summed E-state index contributed by atoms with van der Waals surface area (Å²) in [7, 11) is 0.865. The van der Waals surface area contributed by atoms with Crippen molar-refractivity contribution in [2.45, 2.75) is 25.9 Å². The Morgan fingerprint density at radius 3 is 2.40 bits per heavy atom. The van der Waals surface area contributed by atoms with E-state index >= 15 is 0 Å². The maximum atomic E-state index is 11.2. The molecule has 7 nitrogen and oxygen atoms in total. The minimum Gasteiger partial charge on any atom is -0.756 e. The first-order valence-electron chi connectivity index (χ1n) is 6.26. The highest BCUT2D eigenvalue weighted by Crippen LogP contribution is 2.34. The fourth-order valence-corrected chi connectivity index (χ4v) is 2.12. The number of ether oxygens (including phenoxy) is 1. The van der Waals surface area contributed by atoms with E-state index in [0.717, 1.165) is 0 Å². The van der Waals surface area contributed by atoms with Crippen LogP contribution in [0.4, 0.5) is 0 Å². The zero-order chi connectivity index (χ0) is 16.0. The van der Waals surface area contributed by atoms with Gasteiger partial charge >= 0.3 is 5.97 Å². The summed E-state index contributed by atoms with van der Waals surface area (Å²) in [6.45, 7) is 5.55. The third-order valence-corrected chi connectivity index (χ3v) is 2.85. The van der Waals surface area contributed by atoms with Crippen LogP contribution in [0.3, 0.4) is 0 Å². The Bertz CT molecular complexity index is 384. The molecule has 0 aromatic heterocycles. The van der Waals surface area contributed by atoms with Gasteiger partial charge in [0.1, 0.15) is 12.6 Å². The van der Waals surface area contributed by atoms with E-state index in [4.69, 9.17) is 9.63 Å². The second kappa shape index (κ2) is 7.90. The first kappa shape index (κ1) is 19.3. The number of likely N-dealkylation sites (N-methyl/N-ethyl adjacent to an activating group) is 1. The number of nitrogens with zero attached hydrogens (tertiary/aromatic N) is 1. The Morgan fingerprint density at radius 1 is 1.45 bits per heavy atom. The van der Waals surface area contributed by atoms with E-state index in [2.05, 4.69) is 11.1 Å². The zero-order valence-corrected chi connectivity index (χ0v) is 13.4. The molecule has 0 radical (unpaired) electrons. The van der Waals surface area contributed by atoms with Gasteiger partial charge in [0.05, 0.1) is 27.7 Å². The Morgan fingerprint density at radius 2 is 2.00 bits per heavy atom. The lowest BCUT2D eigenvalue weighted by molar-refractivity contribution is -0.873. The quantitative estimate of drug-likeness (QED) is 0.218. The summed E-state index contributed by atoms with van der Waals surface area (Å²) in [6.07, 6.45) is 0.127. The topological polar surface area (TPSA) is 95.9 Å². The summed E-state index contributed by atoms with van der Waals surface area (Å²) in [5.41, 5.74) is 0.309. The second-order valence-corrected chi connectivity index (χ2v) is 6.88. The third kappa shape index (κ3) is 11.1. The summed E-state index contributed by atoms with van der Waals surface area (Å²) >= 11 is 0. The Kier molecular flexibility index (Phi) is 7.62. The van der Waals surface area contributed by atoms with E-state index in [1.165, 1.54) is 0 Å². The molecule has 0 bridgehead atoms. The van der Waals surface area contributed by atoms with E-state index in [1.807, 2.05) is 21.1 Å². The van der Waals surface area contributed by atoms with Gasteiger partial charge in [-0.1, -0.05) is 6.58 Å². The standard InChI is InChI=1S/C12H24NO6P/c1-10(2)12(14)18-8-6-7-11(9-13(3,4)5)19-20(15,16)17/h11H,1,6-9H2,2-5H3,(H-,15,16,17). The van der Waals surface area contributed by atoms with E-state index in [9.17, 15) is 14.3 Å². The fraction of sp³-hybridized carbons (Fsp3) is 0.750. The highest BCUT2D eigenvalue weighted by Gasteiger charge is 2.22. The number of rotatable bonds is 9. The molecule has 20 heavy (non-hydrogen) atoms. The number of phosphoric ester groups is 1. The molecule has 0 amide bonds. The van der Waals surface area contributed by atoms with E-state index < -0.39 is 19.9 Å². The van der Waals surface area contributed by atoms with E-state index in [-0.39, 0.29) is 6.61 Å². The van der Waals surface area contributed by atoms with Gasteiger partial charge in [0.15, 0.2) is 0 Å². The van der Waals surface area contributed by atoms with E-state index in [1.54, 1.807) is 6.92 Å². The lowest BCUT2D eigenvalue weighted by atomic mass is 10.2. The Labute approximate surface area is 120 Å². The molecule has 8 heteroatoms. The van der Waals surface area contributed by atoms with Crippen LogP contribution in [0.5, 0.6) is 0 Å². The molecule has 0 spiro atoms. The number of esters is 1. The van der Waals surface area contributed by atoms with E-state index in [0.29, 0.717) is 29.4 Å². The largest absolute Gasteiger partial charge is 0.756 e. The molecule has 0 rings (SSSR count). The Balaban J connectivity index is 4.27. The van der Waals surface area contributed by atoms with Crippen LogP contribution in [0.15, 0.2) is 12.2 Å². The van der Waals surface area contributed by atoms with Gasteiger partial charge in [-0.05, 0) is 19.8 Å². The van der Waals surface area contributed by atoms with Crippen LogP contribution in [0.2, 0.25) is 0 Å². The van der Waals surface area contributed by atoms with Crippen LogP contribution >= 0.6 is 7.82 Å². The third-order valence-electron chi connectivity index (χ3n) is 2.29. The molecule has 2 atom stereocenters. The Hall–Kier alpha value is -0.720. The van der Waals surface area contributed by atoms with Crippen molar-refractivity contribution in [2.24, 2.45) is 0 Å². The van der Waals surface area contributed by atoms with Gasteiger partial charge in [-0.15, -0.1) is 0 Å². The maximum Gasteiger partial charge on any atom is 0.333 e. The molecule has 0 fully saturated rings. The van der Waals surface area contributed by atoms with Crippen LogP contribution < -0.4 is 4.89 Å². The first-order chi connectivity index (χ1) is 8.91. The number of carbonyl (C=O) groups excluding carboxylic acids is 1. The molecular weight excluding hydrogens is 285 g/mol. The van der Waals surface area contributed by atoms with Crippen LogP contribution in [0.25, 0.3) is 0 Å². The molecule has 0 aliphatic heterocycles. The summed E-state index contributed by atoms with van der Waals surface area (Å²) in [6, 6.07) is 0. The minimum absolute atomic E-state index is 0.150. The predicted molar refractivity (Wildman–Crippen MR) is 72.6 cm³/mol. The molecule has 0 heterocycles. The van der Waals surface area contributed by atoms with Crippen LogP contribution in [0, 0.1) is 0 Å². The molecule has 0 aromatic rings. The smallest absolute Gasteiger partial charge is 0.333 e. The highest BCUT2D eigenvalue weighted by molar-refractivity contribution is 7.44. The summed E-state index contributed by atoms with van der Waals surface area (Å²) < 4.78 is 20.9. The average molecular weight is 309 g/mol. The van der Waals surface area contributed by atoms with Crippen molar-refractivity contribution in [1.82, 2.24) is 0 Å². The fourth-order valence-electron chi connectivity index (χ4n) is 1.58. The molecule has 0 aliphatic rings. The normalized spacial score (nSPS) is 16.3. The lowest BCUT2D eigenvalue weighted by Gasteiger charge is -2.31. The van der Waals surface area contributed by atoms with Crippen LogP contribution in [0.1, 0.15) is 19.8 Å². The minimum atomic E-state index is -4.77. The molecular formula is C12H24NO6P. The molecule has 2 unspecified atom stereocenters. The number of phosphoric acid groups is 1. The second-order valence-electron chi connectivity index (χ2n) is 5.73. The van der Waals surface area contributed by atoms with Gasteiger partial charge < -0.3 is 23.5 Å². The van der Waals surface area contributed by atoms with Crippen LogP contribution in [-0.4, -0.2) is 55.7 Å². The maximum absolute atomic E-state index is 11.2. The number of hydrogen-bond donors (Lipinski definition) is 1. The summed E-state index contributed by atoms with van der Waals surface area (Å²) in [4.78, 5) is 30.7. The van der Waals surface area contributed by atoms with Gasteiger partial charge in [0, 0.05) is 5.57 Å². The molecule has 0 saturated heterocycles. The number of carbonyl (C=O) groups is 1. The summed E-state index contributed by atoms with van der Waals surface area (Å²) in [5.74, 6) is -0.481. The van der Waals surface area contributed by atoms with Crippen molar-refractivity contribution in [3.05, 3.63) is 12.2 Å². The molecule has 0 aliphatic carbocycles. The van der Waals surface area contributed by atoms with Crippen molar-refractivity contribution in [1.29, 1.82) is 0 Å². The van der Waals surface area contributed by atoms with Crippen molar-refractivity contribution in [2.75, 3.05) is 34.3 Å². The zero-order valence-electron chi connectivity index (χ0n) is 12.5. The van der Waals surface area contributed by atoms with Crippen molar-refractivity contribution in [3.63, 3.8) is 0 Å². The predicted octanol–water partition coefficient (Wildman–Crippen LogP) is 0.438. The summed E-state index contributed by atoms with van der Waals surface area (Å²) in [5, 5.41) is 0. The van der Waals surface area contributed by atoms with Crippen molar-refractivity contribution < 1.29 is 32.9 Å². The number of hydrogen-bond acceptors (Lipinski definition) is 5. The molecule has 0 saturated carbocycles. The number of quaternary nitrogens is 1. The SMILES string of the molecule is C=C(C)C(=O)OCCCC(C[N+](C)(C)C)OP(=O)([O-])O. The van der Waals surface area contributed by atoms with Crippen LogP contribution in [-0.2, 0) is 18.6 Å². The van der Waals surface area contributed by atoms with Gasteiger partial charge in [-0.2, -0.15) is 0 Å². The first-order valence-corrected chi connectivity index (χ1v) is 7.75. The molecule has 0 aromatic carbocycles. The van der Waals surface area contributed by atoms with Crippen molar-refractivity contribution in [3.8, 4) is 0 Å². The van der Waals surface area contributed by atoms with Gasteiger partial charge in [-0.25, -0.2) is 4.79 Å².